The van der Waals surface area contributed by atoms with Gasteiger partial charge >= 0.3 is 0 Å². The van der Waals surface area contributed by atoms with E-state index in [1.54, 1.807) is 26.1 Å². The Kier molecular flexibility index (Phi) is 5.14. The van der Waals surface area contributed by atoms with Crippen LogP contribution in [0.15, 0.2) is 33.8 Å². The molecule has 0 saturated carbocycles. The number of hydrogen-bond donors (Lipinski definition) is 0. The van der Waals surface area contributed by atoms with E-state index in [9.17, 15) is 9.18 Å². The summed E-state index contributed by atoms with van der Waals surface area (Å²) in [7, 11) is 0. The molecule has 3 aromatic rings. The van der Waals surface area contributed by atoms with Gasteiger partial charge in [-0.15, -0.1) is 0 Å². The predicted molar refractivity (Wildman–Crippen MR) is 104 cm³/mol. The van der Waals surface area contributed by atoms with Gasteiger partial charge in [-0.05, 0) is 26.8 Å². The third-order valence-electron chi connectivity index (χ3n) is 5.06. The van der Waals surface area contributed by atoms with E-state index >= 15 is 0 Å². The van der Waals surface area contributed by atoms with Crippen molar-refractivity contribution < 1.29 is 13.7 Å². The van der Waals surface area contributed by atoms with Crippen molar-refractivity contribution in [2.75, 3.05) is 24.6 Å². The van der Waals surface area contributed by atoms with Gasteiger partial charge < -0.3 is 14.2 Å². The molecule has 0 aromatic carbocycles. The lowest BCUT2D eigenvalue weighted by Crippen LogP contribution is -2.52. The second kappa shape index (κ2) is 7.75. The summed E-state index contributed by atoms with van der Waals surface area (Å²) in [6.45, 7) is 7.65. The zero-order valence-corrected chi connectivity index (χ0v) is 16.6. The molecule has 1 aliphatic rings. The second-order valence-corrected chi connectivity index (χ2v) is 7.05. The van der Waals surface area contributed by atoms with Crippen LogP contribution in [0.2, 0.25) is 0 Å². The molecule has 4 heterocycles. The van der Waals surface area contributed by atoms with Crippen molar-refractivity contribution in [2.45, 2.75) is 33.4 Å². The first-order chi connectivity index (χ1) is 14.0. The molecule has 0 atom stereocenters. The number of ether oxygens (including phenoxy) is 1. The van der Waals surface area contributed by atoms with Crippen LogP contribution in [0.3, 0.4) is 0 Å². The van der Waals surface area contributed by atoms with Gasteiger partial charge in [-0.2, -0.15) is 5.10 Å². The Morgan fingerprint density at radius 3 is 2.76 bits per heavy atom. The van der Waals surface area contributed by atoms with E-state index in [4.69, 9.17) is 9.26 Å². The van der Waals surface area contributed by atoms with Gasteiger partial charge in [0.25, 0.3) is 5.56 Å². The summed E-state index contributed by atoms with van der Waals surface area (Å²) in [5.41, 5.74) is 2.46. The third-order valence-corrected chi connectivity index (χ3v) is 5.06. The Balaban J connectivity index is 1.56. The lowest BCUT2D eigenvalue weighted by Gasteiger charge is -2.40. The van der Waals surface area contributed by atoms with Gasteiger partial charge in [0.2, 0.25) is 0 Å². The van der Waals surface area contributed by atoms with E-state index < -0.39 is 5.82 Å². The van der Waals surface area contributed by atoms with Crippen LogP contribution in [-0.4, -0.2) is 45.7 Å². The fraction of sp³-hybridized carbons (Fsp3) is 0.400. The first kappa shape index (κ1) is 19.3. The van der Waals surface area contributed by atoms with Crippen molar-refractivity contribution in [1.82, 2.24) is 19.9 Å². The zero-order valence-electron chi connectivity index (χ0n) is 16.6. The minimum absolute atomic E-state index is 0.168. The normalized spacial score (nSPS) is 14.3. The van der Waals surface area contributed by atoms with Crippen molar-refractivity contribution in [3.63, 3.8) is 0 Å². The molecule has 1 saturated heterocycles. The quantitative estimate of drug-likeness (QED) is 0.629. The molecule has 0 unspecified atom stereocenters. The topological polar surface area (TPSA) is 86.3 Å². The van der Waals surface area contributed by atoms with E-state index in [0.29, 0.717) is 34.9 Å². The van der Waals surface area contributed by atoms with Crippen LogP contribution in [0.25, 0.3) is 11.3 Å². The predicted octanol–water partition coefficient (Wildman–Crippen LogP) is 2.32. The molecule has 0 bridgehead atoms. The number of nitrogens with zero attached hydrogens (tertiary/aromatic N) is 5. The molecular weight excluding hydrogens is 377 g/mol. The fourth-order valence-electron chi connectivity index (χ4n) is 3.30. The van der Waals surface area contributed by atoms with E-state index in [-0.39, 0.29) is 18.2 Å². The lowest BCUT2D eigenvalue weighted by atomic mass is 10.1. The largest absolute Gasteiger partial charge is 0.375 e. The van der Waals surface area contributed by atoms with Crippen molar-refractivity contribution in [3.8, 4) is 11.3 Å². The van der Waals surface area contributed by atoms with Crippen molar-refractivity contribution in [3.05, 3.63) is 57.7 Å². The number of rotatable bonds is 6. The fourth-order valence-corrected chi connectivity index (χ4v) is 3.30. The molecular formula is C20H22FN5O3. The maximum absolute atomic E-state index is 13.9. The number of pyridine rings is 1. The summed E-state index contributed by atoms with van der Waals surface area (Å²) in [5.74, 6) is 0.120. The molecule has 152 valence electrons. The molecule has 0 aliphatic carbocycles. The van der Waals surface area contributed by atoms with E-state index in [2.05, 4.69) is 20.1 Å². The summed E-state index contributed by atoms with van der Waals surface area (Å²) in [6, 6.07) is 2.92. The highest BCUT2D eigenvalue weighted by Gasteiger charge is 2.28. The molecule has 0 N–H and O–H groups in total. The molecule has 8 nitrogen and oxygen atoms in total. The minimum Gasteiger partial charge on any atom is -0.375 e. The van der Waals surface area contributed by atoms with Gasteiger partial charge in [0, 0.05) is 43.1 Å². The number of aryl methyl sites for hydroxylation is 2. The van der Waals surface area contributed by atoms with Crippen LogP contribution in [0.1, 0.15) is 23.9 Å². The van der Waals surface area contributed by atoms with Gasteiger partial charge in [0.05, 0.1) is 30.2 Å². The molecule has 29 heavy (non-hydrogen) atoms. The molecule has 0 amide bonds. The SMILES string of the molecule is CCOC1CN(c2cnn(Cc3c(-c4cnc(C)c(F)c4)noc3C)c(=O)c2)C1. The summed E-state index contributed by atoms with van der Waals surface area (Å²) >= 11 is 0. The van der Waals surface area contributed by atoms with Crippen LogP contribution in [0.5, 0.6) is 0 Å². The highest BCUT2D eigenvalue weighted by Crippen LogP contribution is 2.26. The molecule has 1 aliphatic heterocycles. The Bertz CT molecular complexity index is 1090. The van der Waals surface area contributed by atoms with Gasteiger partial charge in [0.15, 0.2) is 0 Å². The number of halogens is 1. The average Bonchev–Trinajstić information content (AvgIpc) is 3.02. The maximum atomic E-state index is 13.9. The van der Waals surface area contributed by atoms with Crippen molar-refractivity contribution in [2.24, 2.45) is 0 Å². The molecule has 9 heteroatoms. The molecule has 3 aromatic heterocycles. The number of anilines is 1. The highest BCUT2D eigenvalue weighted by atomic mass is 19.1. The summed E-state index contributed by atoms with van der Waals surface area (Å²) < 4.78 is 26.1. The van der Waals surface area contributed by atoms with Crippen LogP contribution >= 0.6 is 0 Å². The lowest BCUT2D eigenvalue weighted by molar-refractivity contribution is 0.0430. The summed E-state index contributed by atoms with van der Waals surface area (Å²) in [5, 5.41) is 8.33. The molecule has 0 radical (unpaired) electrons. The first-order valence-electron chi connectivity index (χ1n) is 9.47. The van der Waals surface area contributed by atoms with Gasteiger partial charge in [0.1, 0.15) is 17.3 Å². The number of aromatic nitrogens is 4. The Morgan fingerprint density at radius 2 is 2.07 bits per heavy atom. The van der Waals surface area contributed by atoms with E-state index in [1.807, 2.05) is 6.92 Å². The van der Waals surface area contributed by atoms with Crippen molar-refractivity contribution in [1.29, 1.82) is 0 Å². The maximum Gasteiger partial charge on any atom is 0.269 e. The Labute approximate surface area is 166 Å². The minimum atomic E-state index is -0.423. The summed E-state index contributed by atoms with van der Waals surface area (Å²) in [4.78, 5) is 18.7. The average molecular weight is 399 g/mol. The van der Waals surface area contributed by atoms with Crippen LogP contribution in [0, 0.1) is 19.7 Å². The monoisotopic (exact) mass is 399 g/mol. The molecule has 4 rings (SSSR count). The van der Waals surface area contributed by atoms with Crippen molar-refractivity contribution >= 4 is 5.69 Å². The number of hydrogen-bond acceptors (Lipinski definition) is 7. The smallest absolute Gasteiger partial charge is 0.269 e. The van der Waals surface area contributed by atoms with Crippen LogP contribution in [0.4, 0.5) is 10.1 Å². The van der Waals surface area contributed by atoms with Crippen LogP contribution in [-0.2, 0) is 11.3 Å². The Hall–Kier alpha value is -3.07. The van der Waals surface area contributed by atoms with Gasteiger partial charge in [-0.25, -0.2) is 9.07 Å². The zero-order chi connectivity index (χ0) is 20.5. The van der Waals surface area contributed by atoms with Gasteiger partial charge in [-0.3, -0.25) is 9.78 Å². The van der Waals surface area contributed by atoms with Crippen LogP contribution < -0.4 is 10.5 Å². The van der Waals surface area contributed by atoms with E-state index in [1.165, 1.54) is 16.9 Å². The second-order valence-electron chi connectivity index (χ2n) is 7.05. The molecule has 0 spiro atoms. The standard InChI is InChI=1S/C20H22FN5O3/c1-4-28-16-9-25(10-16)15-6-19(27)26(23-8-15)11-17-13(3)29-24-20(17)14-5-18(21)12(2)22-7-14/h5-8,16H,4,9-11H2,1-3H3. The Morgan fingerprint density at radius 1 is 1.28 bits per heavy atom. The first-order valence-corrected chi connectivity index (χ1v) is 9.47. The van der Waals surface area contributed by atoms with E-state index in [0.717, 1.165) is 18.8 Å². The molecule has 1 fully saturated rings. The third kappa shape index (κ3) is 3.77. The summed E-state index contributed by atoms with van der Waals surface area (Å²) in [6.07, 6.45) is 3.41. The highest BCUT2D eigenvalue weighted by molar-refractivity contribution is 5.62. The van der Waals surface area contributed by atoms with Gasteiger partial charge in [-0.1, -0.05) is 5.16 Å².